The summed E-state index contributed by atoms with van der Waals surface area (Å²) in [6.45, 7) is 0.115. The van der Waals surface area contributed by atoms with Crippen LogP contribution in [0.15, 0.2) is 0 Å². The molecule has 3 aliphatic carbocycles. The van der Waals surface area contributed by atoms with Gasteiger partial charge >= 0.3 is 0 Å². The Hall–Kier alpha value is -0.830. The molecule has 0 aliphatic heterocycles. The summed E-state index contributed by atoms with van der Waals surface area (Å²) in [6.07, 6.45) is 2.73. The second-order valence-electron chi connectivity index (χ2n) is 4.98. The van der Waals surface area contributed by atoms with E-state index in [1.54, 1.807) is 0 Å². The molecule has 4 atom stereocenters. The van der Waals surface area contributed by atoms with E-state index in [9.17, 15) is 5.11 Å². The standard InChI is InChI=1S/C11H14N2O/c1-13-11-9(7(4-14)12-13)5-2-3-6-8(5)10(6)11/h5-6,8,10,14H,2-4H2,1H3. The van der Waals surface area contributed by atoms with Gasteiger partial charge in [-0.1, -0.05) is 0 Å². The van der Waals surface area contributed by atoms with Gasteiger partial charge in [-0.15, -0.1) is 0 Å². The molecule has 0 amide bonds. The fraction of sp³-hybridized carbons (Fsp3) is 0.727. The summed E-state index contributed by atoms with van der Waals surface area (Å²) in [4.78, 5) is 0. The van der Waals surface area contributed by atoms with Gasteiger partial charge in [0.25, 0.3) is 0 Å². The summed E-state index contributed by atoms with van der Waals surface area (Å²) in [5.41, 5.74) is 3.81. The van der Waals surface area contributed by atoms with Crippen molar-refractivity contribution in [2.45, 2.75) is 31.3 Å². The second kappa shape index (κ2) is 2.06. The molecule has 3 aliphatic rings. The average Bonchev–Trinajstić information content (AvgIpc) is 2.54. The van der Waals surface area contributed by atoms with Crippen LogP contribution in [0.5, 0.6) is 0 Å². The molecule has 2 saturated carbocycles. The van der Waals surface area contributed by atoms with Crippen LogP contribution >= 0.6 is 0 Å². The largest absolute Gasteiger partial charge is 0.390 e. The molecule has 0 radical (unpaired) electrons. The highest BCUT2D eigenvalue weighted by molar-refractivity contribution is 5.48. The summed E-state index contributed by atoms with van der Waals surface area (Å²) in [5.74, 6) is 3.45. The van der Waals surface area contributed by atoms with Crippen LogP contribution in [0.2, 0.25) is 0 Å². The van der Waals surface area contributed by atoms with Crippen LogP contribution in [0.3, 0.4) is 0 Å². The van der Waals surface area contributed by atoms with Crippen LogP contribution < -0.4 is 0 Å². The Morgan fingerprint density at radius 2 is 2.36 bits per heavy atom. The van der Waals surface area contributed by atoms with Gasteiger partial charge < -0.3 is 5.11 Å². The number of aromatic nitrogens is 2. The van der Waals surface area contributed by atoms with Crippen molar-refractivity contribution in [3.05, 3.63) is 17.0 Å². The van der Waals surface area contributed by atoms with Gasteiger partial charge in [0.15, 0.2) is 0 Å². The number of fused-ring (bicyclic) bond motifs is 4. The molecule has 4 unspecified atom stereocenters. The van der Waals surface area contributed by atoms with Crippen LogP contribution in [0.25, 0.3) is 0 Å². The lowest BCUT2D eigenvalue weighted by molar-refractivity contribution is 0.273. The van der Waals surface area contributed by atoms with Gasteiger partial charge in [0.1, 0.15) is 0 Å². The SMILES string of the molecule is Cn1nc(CO)c2c1C1C3CCC2C31. The average molecular weight is 190 g/mol. The number of aliphatic hydroxyl groups is 1. The van der Waals surface area contributed by atoms with Gasteiger partial charge in [0.05, 0.1) is 12.3 Å². The maximum absolute atomic E-state index is 9.27. The predicted molar refractivity (Wildman–Crippen MR) is 50.8 cm³/mol. The first-order chi connectivity index (χ1) is 6.83. The minimum atomic E-state index is 0.115. The van der Waals surface area contributed by atoms with E-state index in [0.29, 0.717) is 0 Å². The molecule has 2 fully saturated rings. The summed E-state index contributed by atoms with van der Waals surface area (Å²) < 4.78 is 2.02. The fourth-order valence-electron chi connectivity index (χ4n) is 4.13. The fourth-order valence-corrected chi connectivity index (χ4v) is 4.13. The smallest absolute Gasteiger partial charge is 0.0916 e. The van der Waals surface area contributed by atoms with Crippen molar-refractivity contribution in [3.8, 4) is 0 Å². The topological polar surface area (TPSA) is 38.0 Å². The van der Waals surface area contributed by atoms with Crippen molar-refractivity contribution < 1.29 is 5.11 Å². The summed E-state index contributed by atoms with van der Waals surface area (Å²) >= 11 is 0. The Balaban J connectivity index is 1.97. The quantitative estimate of drug-likeness (QED) is 0.721. The Bertz CT molecular complexity index is 423. The summed E-state index contributed by atoms with van der Waals surface area (Å²) in [7, 11) is 2.03. The first kappa shape index (κ1) is 7.46. The lowest BCUT2D eigenvalue weighted by Gasteiger charge is -2.06. The van der Waals surface area contributed by atoms with Crippen molar-refractivity contribution in [1.82, 2.24) is 9.78 Å². The van der Waals surface area contributed by atoms with E-state index in [4.69, 9.17) is 0 Å². The molecular formula is C11H14N2O. The van der Waals surface area contributed by atoms with Gasteiger partial charge in [0, 0.05) is 24.2 Å². The number of rotatable bonds is 1. The van der Waals surface area contributed by atoms with E-state index in [1.165, 1.54) is 24.1 Å². The number of aliphatic hydroxyl groups excluding tert-OH is 1. The molecule has 1 aromatic rings. The molecule has 4 rings (SSSR count). The number of nitrogens with zero attached hydrogens (tertiary/aromatic N) is 2. The first-order valence-electron chi connectivity index (χ1n) is 5.49. The van der Waals surface area contributed by atoms with Crippen molar-refractivity contribution in [1.29, 1.82) is 0 Å². The van der Waals surface area contributed by atoms with Crippen molar-refractivity contribution in [2.24, 2.45) is 18.9 Å². The highest BCUT2D eigenvalue weighted by Gasteiger charge is 2.66. The van der Waals surface area contributed by atoms with Crippen molar-refractivity contribution >= 4 is 0 Å². The third-order valence-corrected chi connectivity index (χ3v) is 4.55. The molecule has 14 heavy (non-hydrogen) atoms. The third kappa shape index (κ3) is 0.592. The van der Waals surface area contributed by atoms with Crippen LogP contribution in [-0.4, -0.2) is 14.9 Å². The molecule has 0 bridgehead atoms. The second-order valence-corrected chi connectivity index (χ2v) is 4.98. The summed E-state index contributed by atoms with van der Waals surface area (Å²) in [6, 6.07) is 0. The van der Waals surface area contributed by atoms with Gasteiger partial charge in [-0.3, -0.25) is 4.68 Å². The van der Waals surface area contributed by atoms with Crippen molar-refractivity contribution in [2.75, 3.05) is 0 Å². The molecule has 0 spiro atoms. The van der Waals surface area contributed by atoms with Gasteiger partial charge in [-0.25, -0.2) is 0 Å². The number of hydrogen-bond acceptors (Lipinski definition) is 2. The zero-order valence-electron chi connectivity index (χ0n) is 8.27. The summed E-state index contributed by atoms with van der Waals surface area (Å²) in [5, 5.41) is 13.7. The van der Waals surface area contributed by atoms with Crippen LogP contribution in [0.4, 0.5) is 0 Å². The molecular weight excluding hydrogens is 176 g/mol. The van der Waals surface area contributed by atoms with Gasteiger partial charge in [-0.2, -0.15) is 5.10 Å². The Labute approximate surface area is 82.7 Å². The van der Waals surface area contributed by atoms with Crippen LogP contribution in [0.1, 0.15) is 41.6 Å². The Morgan fingerprint density at radius 3 is 3.14 bits per heavy atom. The van der Waals surface area contributed by atoms with Gasteiger partial charge in [0.2, 0.25) is 0 Å². The van der Waals surface area contributed by atoms with E-state index in [2.05, 4.69) is 5.10 Å². The highest BCUT2D eigenvalue weighted by Crippen LogP contribution is 2.74. The van der Waals surface area contributed by atoms with Crippen LogP contribution in [-0.2, 0) is 13.7 Å². The number of hydrogen-bond donors (Lipinski definition) is 1. The first-order valence-corrected chi connectivity index (χ1v) is 5.49. The van der Waals surface area contributed by atoms with E-state index >= 15 is 0 Å². The zero-order valence-corrected chi connectivity index (χ0v) is 8.27. The van der Waals surface area contributed by atoms with E-state index in [0.717, 1.165) is 29.4 Å². The predicted octanol–water partition coefficient (Wildman–Crippen LogP) is 1.13. The molecule has 3 nitrogen and oxygen atoms in total. The molecule has 1 aromatic heterocycles. The molecule has 3 heteroatoms. The Morgan fingerprint density at radius 1 is 1.50 bits per heavy atom. The normalized spacial score (nSPS) is 41.3. The monoisotopic (exact) mass is 190 g/mol. The lowest BCUT2D eigenvalue weighted by Crippen LogP contribution is -1.98. The molecule has 0 aromatic carbocycles. The highest BCUT2D eigenvalue weighted by atomic mass is 16.3. The molecule has 0 saturated heterocycles. The third-order valence-electron chi connectivity index (χ3n) is 4.55. The van der Waals surface area contributed by atoms with Crippen LogP contribution in [0, 0.1) is 11.8 Å². The van der Waals surface area contributed by atoms with E-state index in [-0.39, 0.29) is 6.61 Å². The maximum atomic E-state index is 9.27. The zero-order chi connectivity index (χ0) is 9.45. The number of aryl methyl sites for hydroxylation is 1. The minimum absolute atomic E-state index is 0.115. The van der Waals surface area contributed by atoms with Gasteiger partial charge in [-0.05, 0) is 30.6 Å². The molecule has 1 heterocycles. The van der Waals surface area contributed by atoms with E-state index < -0.39 is 0 Å². The van der Waals surface area contributed by atoms with E-state index in [1.807, 2.05) is 11.7 Å². The Kier molecular flexibility index (Phi) is 1.10. The lowest BCUT2D eigenvalue weighted by atomic mass is 9.98. The molecule has 1 N–H and O–H groups in total. The molecule has 74 valence electrons. The minimum Gasteiger partial charge on any atom is -0.390 e. The maximum Gasteiger partial charge on any atom is 0.0916 e. The van der Waals surface area contributed by atoms with Crippen molar-refractivity contribution in [3.63, 3.8) is 0 Å².